The third kappa shape index (κ3) is 2.61. The van der Waals surface area contributed by atoms with Crippen molar-refractivity contribution in [3.63, 3.8) is 0 Å². The van der Waals surface area contributed by atoms with E-state index in [9.17, 15) is 4.57 Å². The van der Waals surface area contributed by atoms with E-state index in [2.05, 4.69) is 11.9 Å². The lowest BCUT2D eigenvalue weighted by Crippen LogP contribution is -2.32. The molecule has 1 fully saturated rings. The van der Waals surface area contributed by atoms with Crippen molar-refractivity contribution in [3.8, 4) is 0 Å². The molecule has 0 bridgehead atoms. The predicted molar refractivity (Wildman–Crippen MR) is 50.0 cm³/mol. The second-order valence-corrected chi connectivity index (χ2v) is 7.57. The van der Waals surface area contributed by atoms with E-state index in [1.165, 1.54) is 0 Å². The van der Waals surface area contributed by atoms with Crippen LogP contribution < -0.4 is 0 Å². The molecule has 11 heavy (non-hydrogen) atoms. The Hall–Kier alpha value is 0.190. The highest BCUT2D eigenvalue weighted by atomic mass is 31.2. The van der Waals surface area contributed by atoms with E-state index < -0.39 is 7.14 Å². The summed E-state index contributed by atoms with van der Waals surface area (Å²) in [4.78, 5) is 2.31. The fraction of sp³-hybridized carbons (Fsp3) is 1.00. The van der Waals surface area contributed by atoms with Gasteiger partial charge < -0.3 is 9.46 Å². The van der Waals surface area contributed by atoms with E-state index in [0.717, 1.165) is 25.9 Å². The van der Waals surface area contributed by atoms with E-state index in [1.54, 1.807) is 0 Å². The molecule has 1 aliphatic rings. The first-order valence-corrected chi connectivity index (χ1v) is 6.90. The average Bonchev–Trinajstić information content (AvgIpc) is 1.86. The maximum Gasteiger partial charge on any atom is 0.0849 e. The van der Waals surface area contributed by atoms with Gasteiger partial charge in [-0.2, -0.15) is 0 Å². The molecule has 1 saturated heterocycles. The average molecular weight is 175 g/mol. The summed E-state index contributed by atoms with van der Waals surface area (Å²) in [6, 6.07) is 0. The van der Waals surface area contributed by atoms with Gasteiger partial charge in [-0.25, -0.2) is 0 Å². The summed E-state index contributed by atoms with van der Waals surface area (Å²) in [6.07, 6.45) is 2.25. The van der Waals surface area contributed by atoms with Crippen molar-refractivity contribution >= 4 is 7.14 Å². The molecule has 0 aromatic carbocycles. The molecule has 0 aromatic rings. The van der Waals surface area contributed by atoms with E-state index >= 15 is 0 Å². The monoisotopic (exact) mass is 175 g/mol. The van der Waals surface area contributed by atoms with Gasteiger partial charge in [0.1, 0.15) is 0 Å². The van der Waals surface area contributed by atoms with Crippen LogP contribution in [-0.4, -0.2) is 44.0 Å². The quantitative estimate of drug-likeness (QED) is 0.565. The fourth-order valence-corrected chi connectivity index (χ4v) is 3.09. The van der Waals surface area contributed by atoms with E-state index in [4.69, 9.17) is 0 Å². The molecule has 3 heteroatoms. The van der Waals surface area contributed by atoms with Crippen LogP contribution in [0.15, 0.2) is 0 Å². The summed E-state index contributed by atoms with van der Waals surface area (Å²) in [5.41, 5.74) is 0.499. The molecule has 0 N–H and O–H groups in total. The van der Waals surface area contributed by atoms with Gasteiger partial charge in [0, 0.05) is 5.66 Å². The molecule has 0 aliphatic carbocycles. The SMILES string of the molecule is CN1CCC(P(C)(C)=O)CC1. The van der Waals surface area contributed by atoms with Crippen LogP contribution in [0.4, 0.5) is 0 Å². The summed E-state index contributed by atoms with van der Waals surface area (Å²) in [5.74, 6) is 0. The minimum Gasteiger partial charge on any atom is -0.324 e. The summed E-state index contributed by atoms with van der Waals surface area (Å²) >= 11 is 0. The molecule has 0 aromatic heterocycles. The highest BCUT2D eigenvalue weighted by Gasteiger charge is 2.26. The van der Waals surface area contributed by atoms with Crippen molar-refractivity contribution in [3.05, 3.63) is 0 Å². The number of hydrogen-bond acceptors (Lipinski definition) is 2. The third-order valence-corrected chi connectivity index (χ3v) is 4.84. The first-order chi connectivity index (χ1) is 5.00. The number of hydrogen-bond donors (Lipinski definition) is 0. The molecule has 0 atom stereocenters. The number of rotatable bonds is 1. The smallest absolute Gasteiger partial charge is 0.0849 e. The van der Waals surface area contributed by atoms with Gasteiger partial charge in [-0.15, -0.1) is 0 Å². The molecule has 66 valence electrons. The Labute approximate surface area is 69.3 Å². The lowest BCUT2D eigenvalue weighted by Gasteiger charge is -2.31. The summed E-state index contributed by atoms with van der Waals surface area (Å²) in [6.45, 7) is 6.08. The van der Waals surface area contributed by atoms with Crippen LogP contribution in [0.3, 0.4) is 0 Å². The standard InChI is InChI=1S/C8H18NOP/c1-9-6-4-8(5-7-9)11(2,3)10/h8H,4-7H2,1-3H3. The van der Waals surface area contributed by atoms with E-state index in [1.807, 2.05) is 13.3 Å². The van der Waals surface area contributed by atoms with Crippen LogP contribution in [0.2, 0.25) is 0 Å². The summed E-state index contributed by atoms with van der Waals surface area (Å²) in [7, 11) is 0.337. The topological polar surface area (TPSA) is 20.3 Å². The molecule has 0 amide bonds. The van der Waals surface area contributed by atoms with Crippen LogP contribution in [0.25, 0.3) is 0 Å². The Morgan fingerprint density at radius 3 is 2.09 bits per heavy atom. The maximum atomic E-state index is 11.7. The lowest BCUT2D eigenvalue weighted by atomic mass is 10.1. The Bertz CT molecular complexity index is 167. The zero-order valence-electron chi connectivity index (χ0n) is 7.71. The van der Waals surface area contributed by atoms with Crippen molar-refractivity contribution in [1.29, 1.82) is 0 Å². The van der Waals surface area contributed by atoms with E-state index in [0.29, 0.717) is 5.66 Å². The van der Waals surface area contributed by atoms with Crippen molar-refractivity contribution in [2.45, 2.75) is 18.5 Å². The Morgan fingerprint density at radius 2 is 1.73 bits per heavy atom. The first-order valence-electron chi connectivity index (χ1n) is 4.23. The van der Waals surface area contributed by atoms with E-state index in [-0.39, 0.29) is 0 Å². The normalized spacial score (nSPS) is 23.9. The van der Waals surface area contributed by atoms with Crippen molar-refractivity contribution in [2.75, 3.05) is 33.5 Å². The second kappa shape index (κ2) is 3.28. The van der Waals surface area contributed by atoms with Gasteiger partial charge in [-0.05, 0) is 46.3 Å². The Balaban J connectivity index is 2.46. The minimum atomic E-state index is -1.79. The highest BCUT2D eigenvalue weighted by Crippen LogP contribution is 2.46. The lowest BCUT2D eigenvalue weighted by molar-refractivity contribution is 0.278. The molecule has 0 saturated carbocycles. The maximum absolute atomic E-state index is 11.7. The van der Waals surface area contributed by atoms with Gasteiger partial charge in [0.15, 0.2) is 0 Å². The van der Waals surface area contributed by atoms with Crippen LogP contribution in [0.1, 0.15) is 12.8 Å². The summed E-state index contributed by atoms with van der Waals surface area (Å²) in [5, 5.41) is 0. The zero-order chi connectivity index (χ0) is 8.48. The van der Waals surface area contributed by atoms with Crippen LogP contribution in [0.5, 0.6) is 0 Å². The Morgan fingerprint density at radius 1 is 1.27 bits per heavy atom. The molecule has 1 rings (SSSR count). The van der Waals surface area contributed by atoms with Gasteiger partial charge in [-0.3, -0.25) is 0 Å². The summed E-state index contributed by atoms with van der Waals surface area (Å²) < 4.78 is 11.7. The number of likely N-dealkylation sites (tertiary alicyclic amines) is 1. The van der Waals surface area contributed by atoms with Crippen molar-refractivity contribution < 1.29 is 4.57 Å². The van der Waals surface area contributed by atoms with Gasteiger partial charge >= 0.3 is 0 Å². The molecule has 0 unspecified atom stereocenters. The molecule has 0 spiro atoms. The molecule has 1 aliphatic heterocycles. The number of nitrogens with zero attached hydrogens (tertiary/aromatic N) is 1. The molecular weight excluding hydrogens is 157 g/mol. The van der Waals surface area contributed by atoms with Crippen LogP contribution in [0, 0.1) is 0 Å². The largest absolute Gasteiger partial charge is 0.324 e. The van der Waals surface area contributed by atoms with Crippen molar-refractivity contribution in [2.24, 2.45) is 0 Å². The van der Waals surface area contributed by atoms with Gasteiger partial charge in [-0.1, -0.05) is 0 Å². The van der Waals surface area contributed by atoms with Gasteiger partial charge in [0.25, 0.3) is 0 Å². The zero-order valence-corrected chi connectivity index (χ0v) is 8.60. The molecule has 1 heterocycles. The first kappa shape index (κ1) is 9.28. The highest BCUT2D eigenvalue weighted by molar-refractivity contribution is 7.63. The molecule has 0 radical (unpaired) electrons. The Kier molecular flexibility index (Phi) is 2.77. The second-order valence-electron chi connectivity index (χ2n) is 3.97. The van der Waals surface area contributed by atoms with Gasteiger partial charge in [0.2, 0.25) is 0 Å². The fourth-order valence-electron chi connectivity index (χ4n) is 1.62. The minimum absolute atomic E-state index is 0.499. The van der Waals surface area contributed by atoms with Crippen LogP contribution >= 0.6 is 7.14 Å². The van der Waals surface area contributed by atoms with Gasteiger partial charge in [0.05, 0.1) is 7.14 Å². The third-order valence-electron chi connectivity index (χ3n) is 2.57. The van der Waals surface area contributed by atoms with Crippen molar-refractivity contribution in [1.82, 2.24) is 4.90 Å². The molecule has 2 nitrogen and oxygen atoms in total. The molecular formula is C8H18NOP. The van der Waals surface area contributed by atoms with Crippen LogP contribution in [-0.2, 0) is 4.57 Å². The predicted octanol–water partition coefficient (Wildman–Crippen LogP) is 1.70. The number of piperidine rings is 1.